The Labute approximate surface area is 76.1 Å². The van der Waals surface area contributed by atoms with Crippen LogP contribution in [0.4, 0.5) is 0 Å². The molecular weight excluding hydrogens is 174 g/mol. The average molecular weight is 183 g/mol. The van der Waals surface area contributed by atoms with Gasteiger partial charge in [0.25, 0.3) is 0 Å². The first-order valence-electron chi connectivity index (χ1n) is 3.46. The average Bonchev–Trinajstić information content (AvgIpc) is 2.48. The molecule has 0 aromatic carbocycles. The Kier molecular flexibility index (Phi) is 3.47. The quantitative estimate of drug-likeness (QED) is 0.715. The highest BCUT2D eigenvalue weighted by molar-refractivity contribution is 7.80. The van der Waals surface area contributed by atoms with Gasteiger partial charge in [-0.1, -0.05) is 0 Å². The van der Waals surface area contributed by atoms with Crippen molar-refractivity contribution in [1.82, 2.24) is 0 Å². The van der Waals surface area contributed by atoms with Gasteiger partial charge in [-0.25, -0.2) is 0 Å². The van der Waals surface area contributed by atoms with E-state index in [1.807, 2.05) is 12.1 Å². The molecule has 0 N–H and O–H groups in total. The number of aryl methyl sites for hydroxylation is 1. The molecule has 0 aliphatic rings. The molecule has 0 saturated heterocycles. The topological polar surface area (TPSA) is 23.8 Å². The standard InChI is InChI=1S/C8H9NS2/c9-6-8-4-3-7(11-8)2-1-5-10/h3-4,10H,1-2,5H2. The summed E-state index contributed by atoms with van der Waals surface area (Å²) in [5, 5.41) is 8.52. The van der Waals surface area contributed by atoms with Crippen LogP contribution in [0.1, 0.15) is 16.2 Å². The van der Waals surface area contributed by atoms with Gasteiger partial charge in [0.1, 0.15) is 10.9 Å². The molecule has 0 aliphatic carbocycles. The highest BCUT2D eigenvalue weighted by Gasteiger charge is 1.97. The first-order chi connectivity index (χ1) is 5.36. The SMILES string of the molecule is N#Cc1ccc(CCCS)s1. The molecule has 1 aromatic heterocycles. The number of hydrogen-bond donors (Lipinski definition) is 1. The fourth-order valence-electron chi connectivity index (χ4n) is 0.826. The maximum atomic E-state index is 8.52. The van der Waals surface area contributed by atoms with E-state index in [1.54, 1.807) is 11.3 Å². The van der Waals surface area contributed by atoms with Gasteiger partial charge >= 0.3 is 0 Å². The van der Waals surface area contributed by atoms with Crippen molar-refractivity contribution in [2.24, 2.45) is 0 Å². The van der Waals surface area contributed by atoms with E-state index in [0.29, 0.717) is 0 Å². The molecule has 11 heavy (non-hydrogen) atoms. The summed E-state index contributed by atoms with van der Waals surface area (Å²) in [4.78, 5) is 2.09. The summed E-state index contributed by atoms with van der Waals surface area (Å²) in [6.07, 6.45) is 2.14. The van der Waals surface area contributed by atoms with E-state index in [2.05, 4.69) is 18.7 Å². The second-order valence-corrected chi connectivity index (χ2v) is 3.82. The molecule has 0 saturated carbocycles. The van der Waals surface area contributed by atoms with Crippen LogP contribution in [0.2, 0.25) is 0 Å². The van der Waals surface area contributed by atoms with E-state index in [1.165, 1.54) is 4.88 Å². The Morgan fingerprint density at radius 2 is 2.36 bits per heavy atom. The molecule has 0 amide bonds. The van der Waals surface area contributed by atoms with Crippen LogP contribution in [0.5, 0.6) is 0 Å². The van der Waals surface area contributed by atoms with Crippen LogP contribution < -0.4 is 0 Å². The highest BCUT2D eigenvalue weighted by atomic mass is 32.1. The molecular formula is C8H9NS2. The minimum Gasteiger partial charge on any atom is -0.192 e. The van der Waals surface area contributed by atoms with Crippen LogP contribution in [-0.4, -0.2) is 5.75 Å². The van der Waals surface area contributed by atoms with Crippen LogP contribution in [-0.2, 0) is 6.42 Å². The summed E-state index contributed by atoms with van der Waals surface area (Å²) in [6.45, 7) is 0. The van der Waals surface area contributed by atoms with Crippen molar-refractivity contribution in [3.8, 4) is 6.07 Å². The first kappa shape index (κ1) is 8.63. The summed E-state index contributed by atoms with van der Waals surface area (Å²) in [6, 6.07) is 6.02. The third-order valence-corrected chi connectivity index (χ3v) is 2.72. The van der Waals surface area contributed by atoms with E-state index < -0.39 is 0 Å². The predicted molar refractivity (Wildman–Crippen MR) is 51.2 cm³/mol. The summed E-state index contributed by atoms with van der Waals surface area (Å²) < 4.78 is 0. The van der Waals surface area contributed by atoms with E-state index in [-0.39, 0.29) is 0 Å². The van der Waals surface area contributed by atoms with Crippen LogP contribution in [0.3, 0.4) is 0 Å². The predicted octanol–water partition coefficient (Wildman–Crippen LogP) is 2.48. The Balaban J connectivity index is 2.53. The number of rotatable bonds is 3. The van der Waals surface area contributed by atoms with Gasteiger partial charge in [-0.2, -0.15) is 17.9 Å². The maximum Gasteiger partial charge on any atom is 0.110 e. The number of nitriles is 1. The van der Waals surface area contributed by atoms with E-state index >= 15 is 0 Å². The van der Waals surface area contributed by atoms with Gasteiger partial charge in [0, 0.05) is 4.88 Å². The van der Waals surface area contributed by atoms with Gasteiger partial charge in [0.05, 0.1) is 0 Å². The van der Waals surface area contributed by atoms with Gasteiger partial charge in [0.2, 0.25) is 0 Å². The Morgan fingerprint density at radius 3 is 2.91 bits per heavy atom. The van der Waals surface area contributed by atoms with E-state index in [0.717, 1.165) is 23.5 Å². The molecule has 1 heterocycles. The molecule has 0 aliphatic heterocycles. The van der Waals surface area contributed by atoms with Crippen molar-refractivity contribution in [3.05, 3.63) is 21.9 Å². The largest absolute Gasteiger partial charge is 0.192 e. The zero-order chi connectivity index (χ0) is 8.10. The first-order valence-corrected chi connectivity index (χ1v) is 4.91. The molecule has 0 atom stereocenters. The zero-order valence-corrected chi connectivity index (χ0v) is 7.79. The third-order valence-electron chi connectivity index (χ3n) is 1.35. The summed E-state index contributed by atoms with van der Waals surface area (Å²) in [5.74, 6) is 0.916. The van der Waals surface area contributed by atoms with E-state index in [9.17, 15) is 0 Å². The molecule has 1 aromatic rings. The lowest BCUT2D eigenvalue weighted by molar-refractivity contribution is 0.955. The van der Waals surface area contributed by atoms with Crippen LogP contribution in [0, 0.1) is 11.3 Å². The number of thiophene rings is 1. The normalized spacial score (nSPS) is 9.45. The summed E-state index contributed by atoms with van der Waals surface area (Å²) in [7, 11) is 0. The van der Waals surface area contributed by atoms with Crippen molar-refractivity contribution >= 4 is 24.0 Å². The molecule has 0 unspecified atom stereocenters. The number of nitrogens with zero attached hydrogens (tertiary/aromatic N) is 1. The van der Waals surface area contributed by atoms with E-state index in [4.69, 9.17) is 5.26 Å². The second kappa shape index (κ2) is 4.42. The molecule has 0 bridgehead atoms. The van der Waals surface area contributed by atoms with Crippen LogP contribution in [0.15, 0.2) is 12.1 Å². The van der Waals surface area contributed by atoms with Crippen molar-refractivity contribution < 1.29 is 0 Å². The monoisotopic (exact) mass is 183 g/mol. The van der Waals surface area contributed by atoms with Gasteiger partial charge in [-0.05, 0) is 30.7 Å². The molecule has 1 rings (SSSR count). The van der Waals surface area contributed by atoms with Crippen LogP contribution >= 0.6 is 24.0 Å². The maximum absolute atomic E-state index is 8.52. The van der Waals surface area contributed by atoms with Crippen LogP contribution in [0.25, 0.3) is 0 Å². The van der Waals surface area contributed by atoms with Crippen molar-refractivity contribution in [3.63, 3.8) is 0 Å². The second-order valence-electron chi connectivity index (χ2n) is 2.20. The van der Waals surface area contributed by atoms with Gasteiger partial charge in [-0.3, -0.25) is 0 Å². The molecule has 3 heteroatoms. The Bertz CT molecular complexity index is 259. The third kappa shape index (κ3) is 2.57. The van der Waals surface area contributed by atoms with Gasteiger partial charge < -0.3 is 0 Å². The number of hydrogen-bond acceptors (Lipinski definition) is 3. The minimum atomic E-state index is 0.805. The highest BCUT2D eigenvalue weighted by Crippen LogP contribution is 2.16. The molecule has 0 radical (unpaired) electrons. The molecule has 0 fully saturated rings. The molecule has 58 valence electrons. The summed E-state index contributed by atoms with van der Waals surface area (Å²) in [5.41, 5.74) is 0. The van der Waals surface area contributed by atoms with Gasteiger partial charge in [0.15, 0.2) is 0 Å². The molecule has 1 nitrogen and oxygen atoms in total. The minimum absolute atomic E-state index is 0.805. The van der Waals surface area contributed by atoms with Crippen molar-refractivity contribution in [1.29, 1.82) is 5.26 Å². The lowest BCUT2D eigenvalue weighted by Gasteiger charge is -1.90. The molecule has 0 spiro atoms. The fraction of sp³-hybridized carbons (Fsp3) is 0.375. The Morgan fingerprint density at radius 1 is 1.55 bits per heavy atom. The number of thiol groups is 1. The van der Waals surface area contributed by atoms with Crippen molar-refractivity contribution in [2.45, 2.75) is 12.8 Å². The smallest absolute Gasteiger partial charge is 0.110 e. The lowest BCUT2D eigenvalue weighted by Crippen LogP contribution is -1.79. The lowest BCUT2D eigenvalue weighted by atomic mass is 10.3. The van der Waals surface area contributed by atoms with Gasteiger partial charge in [-0.15, -0.1) is 11.3 Å². The fourth-order valence-corrected chi connectivity index (χ4v) is 1.83. The summed E-state index contributed by atoms with van der Waals surface area (Å²) >= 11 is 5.70. The van der Waals surface area contributed by atoms with Crippen molar-refractivity contribution in [2.75, 3.05) is 5.75 Å². The zero-order valence-electron chi connectivity index (χ0n) is 6.08. The Hall–Kier alpha value is -0.460.